The Labute approximate surface area is 168 Å². The first-order chi connectivity index (χ1) is 13.6. The number of thiazole rings is 1. The Balaban J connectivity index is 1.39. The molecule has 2 aromatic heterocycles. The molecular weight excluding hydrogens is 372 g/mol. The third-order valence-corrected chi connectivity index (χ3v) is 5.97. The Bertz CT molecular complexity index is 929. The Morgan fingerprint density at radius 2 is 1.89 bits per heavy atom. The Morgan fingerprint density at radius 1 is 1.14 bits per heavy atom. The molecule has 8 heteroatoms. The molecule has 1 amide bonds. The molecule has 1 N–H and O–H groups in total. The molecule has 7 nitrogen and oxygen atoms in total. The van der Waals surface area contributed by atoms with Gasteiger partial charge in [-0.25, -0.2) is 9.97 Å². The summed E-state index contributed by atoms with van der Waals surface area (Å²) in [6.45, 7) is 4.35. The second-order valence-corrected chi connectivity index (χ2v) is 8.08. The van der Waals surface area contributed by atoms with Crippen molar-refractivity contribution < 1.29 is 4.79 Å². The molecular formula is C20H24N6OS. The summed E-state index contributed by atoms with van der Waals surface area (Å²) >= 11 is 1.46. The molecule has 1 saturated heterocycles. The lowest BCUT2D eigenvalue weighted by Crippen LogP contribution is -2.44. The van der Waals surface area contributed by atoms with Crippen LogP contribution >= 0.6 is 11.3 Å². The molecule has 28 heavy (non-hydrogen) atoms. The zero-order valence-corrected chi connectivity index (χ0v) is 16.9. The molecule has 0 radical (unpaired) electrons. The van der Waals surface area contributed by atoms with Gasteiger partial charge in [0.15, 0.2) is 5.13 Å². The second-order valence-electron chi connectivity index (χ2n) is 7.07. The van der Waals surface area contributed by atoms with E-state index in [0.29, 0.717) is 11.4 Å². The van der Waals surface area contributed by atoms with Gasteiger partial charge in [0.2, 0.25) is 0 Å². The number of amides is 1. The van der Waals surface area contributed by atoms with Crippen LogP contribution in [0.2, 0.25) is 0 Å². The van der Waals surface area contributed by atoms with Gasteiger partial charge >= 0.3 is 0 Å². The number of likely N-dealkylation sites (N-methyl/N-ethyl adjacent to an activating group) is 1. The van der Waals surface area contributed by atoms with Gasteiger partial charge in [-0.3, -0.25) is 4.79 Å². The van der Waals surface area contributed by atoms with Gasteiger partial charge in [-0.05, 0) is 12.6 Å². The average molecular weight is 397 g/mol. The monoisotopic (exact) mass is 396 g/mol. The van der Waals surface area contributed by atoms with Crippen LogP contribution < -0.4 is 4.90 Å². The van der Waals surface area contributed by atoms with Crippen LogP contribution in [0.4, 0.5) is 5.13 Å². The molecule has 0 aliphatic carbocycles. The van der Waals surface area contributed by atoms with E-state index in [0.717, 1.165) is 48.4 Å². The molecule has 1 fully saturated rings. The summed E-state index contributed by atoms with van der Waals surface area (Å²) in [5.74, 6) is 0.731. The number of piperazine rings is 1. The molecule has 146 valence electrons. The summed E-state index contributed by atoms with van der Waals surface area (Å²) in [6, 6.07) is 10.0. The molecule has 0 bridgehead atoms. The van der Waals surface area contributed by atoms with Crippen LogP contribution in [-0.4, -0.2) is 70.9 Å². The molecule has 0 atom stereocenters. The van der Waals surface area contributed by atoms with Gasteiger partial charge in [0.25, 0.3) is 5.91 Å². The van der Waals surface area contributed by atoms with E-state index in [9.17, 15) is 4.79 Å². The fourth-order valence-electron chi connectivity index (χ4n) is 3.20. The van der Waals surface area contributed by atoms with Gasteiger partial charge in [0.1, 0.15) is 10.7 Å². The minimum atomic E-state index is -0.0319. The molecule has 4 rings (SSSR count). The largest absolute Gasteiger partial charge is 0.346 e. The van der Waals surface area contributed by atoms with Crippen LogP contribution in [0, 0.1) is 0 Å². The zero-order valence-electron chi connectivity index (χ0n) is 16.1. The maximum absolute atomic E-state index is 12.8. The van der Waals surface area contributed by atoms with Crippen molar-refractivity contribution in [2.75, 3.05) is 45.2 Å². The molecule has 0 unspecified atom stereocenters. The standard InChI is InChI=1S/C20H24N6OS/c1-24-8-10-26(11-9-24)20-22-13-17(28-20)19(27)25(2)14-18-21-12-16(23-18)15-6-4-3-5-7-15/h3-7,12-13H,8-11,14H2,1-2H3,(H,21,23). The van der Waals surface area contributed by atoms with Crippen LogP contribution in [-0.2, 0) is 6.54 Å². The van der Waals surface area contributed by atoms with Crippen molar-refractivity contribution in [2.45, 2.75) is 6.54 Å². The number of benzene rings is 1. The second kappa shape index (κ2) is 8.12. The highest BCUT2D eigenvalue weighted by Gasteiger charge is 2.21. The van der Waals surface area contributed by atoms with Crippen LogP contribution in [0.3, 0.4) is 0 Å². The summed E-state index contributed by atoms with van der Waals surface area (Å²) in [4.78, 5) is 31.9. The molecule has 0 spiro atoms. The van der Waals surface area contributed by atoms with E-state index in [1.165, 1.54) is 11.3 Å². The molecule has 0 saturated carbocycles. The number of carbonyl (C=O) groups is 1. The lowest BCUT2D eigenvalue weighted by Gasteiger charge is -2.32. The van der Waals surface area contributed by atoms with Crippen molar-refractivity contribution in [1.29, 1.82) is 0 Å². The Kier molecular flexibility index (Phi) is 5.40. The van der Waals surface area contributed by atoms with Crippen LogP contribution in [0.1, 0.15) is 15.5 Å². The zero-order chi connectivity index (χ0) is 19.5. The van der Waals surface area contributed by atoms with Gasteiger partial charge in [-0.2, -0.15) is 0 Å². The SMILES string of the molecule is CN1CCN(c2ncc(C(=O)N(C)Cc3ncc(-c4ccccc4)[nH]3)s2)CC1. The lowest BCUT2D eigenvalue weighted by molar-refractivity contribution is 0.0786. The quantitative estimate of drug-likeness (QED) is 0.718. The lowest BCUT2D eigenvalue weighted by atomic mass is 10.2. The number of rotatable bonds is 5. The first-order valence-corrected chi connectivity index (χ1v) is 10.2. The number of nitrogens with one attached hydrogen (secondary N) is 1. The number of imidazole rings is 1. The average Bonchev–Trinajstić information content (AvgIpc) is 3.39. The summed E-state index contributed by atoms with van der Waals surface area (Å²) < 4.78 is 0. The highest BCUT2D eigenvalue weighted by Crippen LogP contribution is 2.25. The van der Waals surface area contributed by atoms with Crippen molar-refractivity contribution in [3.05, 3.63) is 53.4 Å². The van der Waals surface area contributed by atoms with Crippen LogP contribution in [0.15, 0.2) is 42.7 Å². The van der Waals surface area contributed by atoms with E-state index in [2.05, 4.69) is 31.8 Å². The van der Waals surface area contributed by atoms with Gasteiger partial charge in [0.05, 0.1) is 24.6 Å². The Morgan fingerprint density at radius 3 is 2.64 bits per heavy atom. The fraction of sp³-hybridized carbons (Fsp3) is 0.350. The number of anilines is 1. The topological polar surface area (TPSA) is 68.4 Å². The molecule has 1 aromatic carbocycles. The minimum absolute atomic E-state index is 0.0319. The van der Waals surface area contributed by atoms with Crippen LogP contribution in [0.5, 0.6) is 0 Å². The van der Waals surface area contributed by atoms with Crippen LogP contribution in [0.25, 0.3) is 11.3 Å². The predicted octanol–water partition coefficient (Wildman–Crippen LogP) is 2.56. The first-order valence-electron chi connectivity index (χ1n) is 9.34. The molecule has 3 aromatic rings. The fourth-order valence-corrected chi connectivity index (χ4v) is 4.16. The summed E-state index contributed by atoms with van der Waals surface area (Å²) in [5.41, 5.74) is 2.03. The predicted molar refractivity (Wildman–Crippen MR) is 112 cm³/mol. The van der Waals surface area contributed by atoms with Crippen molar-refractivity contribution in [1.82, 2.24) is 24.8 Å². The van der Waals surface area contributed by atoms with Gasteiger partial charge < -0.3 is 19.7 Å². The van der Waals surface area contributed by atoms with Gasteiger partial charge in [-0.1, -0.05) is 41.7 Å². The summed E-state index contributed by atoms with van der Waals surface area (Å²) in [7, 11) is 3.92. The van der Waals surface area contributed by atoms with E-state index < -0.39 is 0 Å². The third-order valence-electron chi connectivity index (χ3n) is 4.92. The van der Waals surface area contributed by atoms with E-state index in [1.54, 1.807) is 24.3 Å². The van der Waals surface area contributed by atoms with Gasteiger partial charge in [0, 0.05) is 33.2 Å². The molecule has 3 heterocycles. The number of hydrogen-bond donors (Lipinski definition) is 1. The number of hydrogen-bond acceptors (Lipinski definition) is 6. The molecule has 1 aliphatic heterocycles. The van der Waals surface area contributed by atoms with E-state index in [1.807, 2.05) is 30.3 Å². The van der Waals surface area contributed by atoms with Crippen molar-refractivity contribution in [2.24, 2.45) is 0 Å². The number of carbonyl (C=O) groups excluding carboxylic acids is 1. The number of H-pyrrole nitrogens is 1. The Hall–Kier alpha value is -2.71. The van der Waals surface area contributed by atoms with E-state index in [4.69, 9.17) is 0 Å². The third kappa shape index (κ3) is 4.07. The minimum Gasteiger partial charge on any atom is -0.346 e. The highest BCUT2D eigenvalue weighted by molar-refractivity contribution is 7.17. The molecule has 1 aliphatic rings. The number of aromatic nitrogens is 3. The van der Waals surface area contributed by atoms with Crippen molar-refractivity contribution in [3.8, 4) is 11.3 Å². The normalized spacial score (nSPS) is 15.0. The van der Waals surface area contributed by atoms with E-state index >= 15 is 0 Å². The van der Waals surface area contributed by atoms with E-state index in [-0.39, 0.29) is 5.91 Å². The van der Waals surface area contributed by atoms with Crippen molar-refractivity contribution in [3.63, 3.8) is 0 Å². The summed E-state index contributed by atoms with van der Waals surface area (Å²) in [6.07, 6.45) is 3.50. The maximum Gasteiger partial charge on any atom is 0.265 e. The summed E-state index contributed by atoms with van der Waals surface area (Å²) in [5, 5.41) is 0.925. The smallest absolute Gasteiger partial charge is 0.265 e. The maximum atomic E-state index is 12.8. The highest BCUT2D eigenvalue weighted by atomic mass is 32.1. The first kappa shape index (κ1) is 18.6. The van der Waals surface area contributed by atoms with Gasteiger partial charge in [-0.15, -0.1) is 0 Å². The number of nitrogens with zero attached hydrogens (tertiary/aromatic N) is 5. The van der Waals surface area contributed by atoms with Crippen molar-refractivity contribution >= 4 is 22.4 Å². The number of aromatic amines is 1.